The molecule has 0 aromatic rings. The van der Waals surface area contributed by atoms with E-state index in [2.05, 4.69) is 38.4 Å². The topological polar surface area (TPSA) is 0 Å². The van der Waals surface area contributed by atoms with Crippen LogP contribution in [-0.4, -0.2) is 24.6 Å². The average Bonchev–Trinajstić information content (AvgIpc) is 2.42. The third kappa shape index (κ3) is 9.77. The number of hydrogen-bond donors (Lipinski definition) is 0. The summed E-state index contributed by atoms with van der Waals surface area (Å²) in [7, 11) is 2.34. The molecule has 0 bridgehead atoms. The molecular formula is C18H34BrN. The van der Waals surface area contributed by atoms with E-state index in [0.29, 0.717) is 0 Å². The maximum Gasteiger partial charge on any atom is 0.102 e. The molecule has 0 aromatic heterocycles. The van der Waals surface area contributed by atoms with E-state index in [-0.39, 0.29) is 17.0 Å². The Morgan fingerprint density at radius 2 is 1.35 bits per heavy atom. The summed E-state index contributed by atoms with van der Waals surface area (Å²) in [6.07, 6.45) is 23.3. The second-order valence-electron chi connectivity index (χ2n) is 6.34. The van der Waals surface area contributed by atoms with Crippen LogP contribution in [0.5, 0.6) is 0 Å². The molecule has 2 heteroatoms. The lowest BCUT2D eigenvalue weighted by Gasteiger charge is -2.30. The summed E-state index contributed by atoms with van der Waals surface area (Å²) in [5.41, 5.74) is 0. The van der Waals surface area contributed by atoms with Crippen LogP contribution in [0.1, 0.15) is 71.1 Å². The summed E-state index contributed by atoms with van der Waals surface area (Å²) >= 11 is 0. The number of quaternary nitrogens is 1. The Labute approximate surface area is 137 Å². The first-order valence-electron chi connectivity index (χ1n) is 8.45. The van der Waals surface area contributed by atoms with Gasteiger partial charge in [0.25, 0.3) is 0 Å². The van der Waals surface area contributed by atoms with E-state index in [1.54, 1.807) is 0 Å². The van der Waals surface area contributed by atoms with E-state index >= 15 is 0 Å². The van der Waals surface area contributed by atoms with Gasteiger partial charge in [0.2, 0.25) is 0 Å². The molecule has 0 N–H and O–H groups in total. The van der Waals surface area contributed by atoms with Crippen molar-refractivity contribution in [1.29, 1.82) is 0 Å². The predicted octanol–water partition coefficient (Wildman–Crippen LogP) is 2.44. The molecule has 1 aliphatic heterocycles. The minimum atomic E-state index is 0. The van der Waals surface area contributed by atoms with Gasteiger partial charge in [-0.05, 0) is 25.0 Å². The zero-order valence-electron chi connectivity index (χ0n) is 13.6. The van der Waals surface area contributed by atoms with Crippen LogP contribution in [0.4, 0.5) is 0 Å². The second kappa shape index (κ2) is 12.6. The number of hydrogen-bond acceptors (Lipinski definition) is 0. The quantitative estimate of drug-likeness (QED) is 0.399. The first kappa shape index (κ1) is 19.9. The highest BCUT2D eigenvalue weighted by Gasteiger charge is 2.17. The van der Waals surface area contributed by atoms with Crippen molar-refractivity contribution in [2.45, 2.75) is 71.1 Å². The molecule has 118 valence electrons. The second-order valence-corrected chi connectivity index (χ2v) is 6.34. The highest BCUT2D eigenvalue weighted by Crippen LogP contribution is 2.14. The molecule has 0 fully saturated rings. The Balaban J connectivity index is 0.00000361. The summed E-state index contributed by atoms with van der Waals surface area (Å²) < 4.78 is 1.10. The zero-order chi connectivity index (χ0) is 13.8. The zero-order valence-corrected chi connectivity index (χ0v) is 15.2. The number of likely N-dealkylation sites (N-methyl/N-ethyl adjacent to an activating group) is 1. The van der Waals surface area contributed by atoms with Crippen molar-refractivity contribution in [3.05, 3.63) is 24.4 Å². The maximum absolute atomic E-state index is 2.34. The normalized spacial score (nSPS) is 20.9. The molecule has 1 aliphatic rings. The van der Waals surface area contributed by atoms with Crippen molar-refractivity contribution in [1.82, 2.24) is 0 Å². The van der Waals surface area contributed by atoms with Crippen molar-refractivity contribution < 1.29 is 21.5 Å². The fraction of sp³-hybridized carbons (Fsp3) is 0.778. The van der Waals surface area contributed by atoms with E-state index in [4.69, 9.17) is 0 Å². The van der Waals surface area contributed by atoms with Crippen LogP contribution in [0.15, 0.2) is 24.4 Å². The van der Waals surface area contributed by atoms with Crippen molar-refractivity contribution in [2.24, 2.45) is 0 Å². The summed E-state index contributed by atoms with van der Waals surface area (Å²) in [5, 5.41) is 0. The average molecular weight is 344 g/mol. The van der Waals surface area contributed by atoms with Gasteiger partial charge >= 0.3 is 0 Å². The molecule has 1 atom stereocenters. The molecule has 0 saturated carbocycles. The Kier molecular flexibility index (Phi) is 12.6. The minimum absolute atomic E-state index is 0. The van der Waals surface area contributed by atoms with Crippen molar-refractivity contribution >= 4 is 0 Å². The number of rotatable bonds is 11. The Hall–Kier alpha value is -0.0800. The number of halogens is 1. The van der Waals surface area contributed by atoms with Crippen LogP contribution in [0.25, 0.3) is 0 Å². The maximum atomic E-state index is 2.34. The monoisotopic (exact) mass is 343 g/mol. The third-order valence-electron chi connectivity index (χ3n) is 4.24. The van der Waals surface area contributed by atoms with Crippen LogP contribution < -0.4 is 17.0 Å². The van der Waals surface area contributed by atoms with Crippen LogP contribution in [0.3, 0.4) is 0 Å². The number of nitrogens with zero attached hydrogens (tertiary/aromatic N) is 1. The molecule has 1 nitrogen and oxygen atoms in total. The molecule has 0 aliphatic carbocycles. The van der Waals surface area contributed by atoms with Crippen molar-refractivity contribution in [3.8, 4) is 0 Å². The van der Waals surface area contributed by atoms with Crippen LogP contribution in [-0.2, 0) is 0 Å². The first-order chi connectivity index (χ1) is 9.27. The summed E-state index contributed by atoms with van der Waals surface area (Å²) in [5.74, 6) is 0. The largest absolute Gasteiger partial charge is 1.00 e. The first-order valence-corrected chi connectivity index (χ1v) is 8.45. The summed E-state index contributed by atoms with van der Waals surface area (Å²) in [6, 6.07) is 0. The predicted molar refractivity (Wildman–Crippen MR) is 86.0 cm³/mol. The van der Waals surface area contributed by atoms with Gasteiger partial charge in [0.05, 0.1) is 19.8 Å². The number of unbranched alkanes of at least 4 members (excludes halogenated alkanes) is 9. The van der Waals surface area contributed by atoms with E-state index in [1.807, 2.05) is 0 Å². The van der Waals surface area contributed by atoms with Gasteiger partial charge in [-0.3, -0.25) is 4.48 Å². The summed E-state index contributed by atoms with van der Waals surface area (Å²) in [4.78, 5) is 0. The molecule has 1 unspecified atom stereocenters. The Morgan fingerprint density at radius 1 is 0.800 bits per heavy atom. The van der Waals surface area contributed by atoms with Gasteiger partial charge < -0.3 is 17.0 Å². The highest BCUT2D eigenvalue weighted by molar-refractivity contribution is 5.03. The van der Waals surface area contributed by atoms with Gasteiger partial charge in [-0.1, -0.05) is 64.4 Å². The Morgan fingerprint density at radius 3 is 1.85 bits per heavy atom. The van der Waals surface area contributed by atoms with Gasteiger partial charge in [0.15, 0.2) is 0 Å². The molecular weight excluding hydrogens is 310 g/mol. The Bertz CT molecular complexity index is 273. The van der Waals surface area contributed by atoms with Gasteiger partial charge in [-0.2, -0.15) is 0 Å². The molecule has 1 heterocycles. The van der Waals surface area contributed by atoms with Crippen molar-refractivity contribution in [3.63, 3.8) is 0 Å². The van der Waals surface area contributed by atoms with Crippen LogP contribution in [0.2, 0.25) is 0 Å². The van der Waals surface area contributed by atoms with Gasteiger partial charge in [0.1, 0.15) is 6.54 Å². The van der Waals surface area contributed by atoms with Crippen LogP contribution >= 0.6 is 0 Å². The van der Waals surface area contributed by atoms with Gasteiger partial charge in [0, 0.05) is 0 Å². The third-order valence-corrected chi connectivity index (χ3v) is 4.24. The molecule has 0 aromatic carbocycles. The molecule has 0 saturated heterocycles. The smallest absolute Gasteiger partial charge is 0.102 e. The summed E-state index contributed by atoms with van der Waals surface area (Å²) in [6.45, 7) is 4.77. The lowest BCUT2D eigenvalue weighted by atomic mass is 10.1. The fourth-order valence-corrected chi connectivity index (χ4v) is 2.82. The standard InChI is InChI=1S/C18H34N.BrH/c1-3-4-5-6-7-8-9-10-11-13-16-19(2)17-14-12-15-18-19;/h12,14-15,17H,3-11,13,16,18H2,1-2H3;1H/q+1;/p-1. The van der Waals surface area contributed by atoms with E-state index in [0.717, 1.165) is 4.48 Å². The molecule has 1 rings (SSSR count). The SMILES string of the molecule is CCCCCCCCCCCC[N+]1(C)C=CC=CC1.[Br-]. The molecule has 0 spiro atoms. The minimum Gasteiger partial charge on any atom is -1.00 e. The van der Waals surface area contributed by atoms with E-state index in [1.165, 1.54) is 77.3 Å². The van der Waals surface area contributed by atoms with Gasteiger partial charge in [-0.25, -0.2) is 0 Å². The molecule has 20 heavy (non-hydrogen) atoms. The van der Waals surface area contributed by atoms with E-state index < -0.39 is 0 Å². The molecule has 0 radical (unpaired) electrons. The highest BCUT2D eigenvalue weighted by atomic mass is 79.9. The lowest BCUT2D eigenvalue weighted by molar-refractivity contribution is -0.854. The van der Waals surface area contributed by atoms with Crippen LogP contribution in [0, 0.1) is 0 Å². The fourth-order valence-electron chi connectivity index (χ4n) is 2.82. The lowest BCUT2D eigenvalue weighted by Crippen LogP contribution is -3.00. The van der Waals surface area contributed by atoms with E-state index in [9.17, 15) is 0 Å². The molecule has 0 amide bonds. The van der Waals surface area contributed by atoms with Crippen molar-refractivity contribution in [2.75, 3.05) is 20.1 Å². The number of allylic oxidation sites excluding steroid dienone is 2. The van der Waals surface area contributed by atoms with Gasteiger partial charge in [-0.15, -0.1) is 0 Å².